The fraction of sp³-hybridized carbons (Fsp3) is 0.417. The highest BCUT2D eigenvalue weighted by Gasteiger charge is 2.27. The standard InChI is InChI=1S/C12H17N3O3S/c1-9(8-18-3)15(2)19(16,17)12-5-4-10(7-13)6-11(12)14/h4-6,9H,8,14H2,1-3H3. The monoisotopic (exact) mass is 283 g/mol. The Morgan fingerprint density at radius 1 is 1.53 bits per heavy atom. The lowest BCUT2D eigenvalue weighted by Crippen LogP contribution is -2.38. The second-order valence-electron chi connectivity index (χ2n) is 4.19. The van der Waals surface area contributed by atoms with E-state index in [1.807, 2.05) is 6.07 Å². The number of hydrogen-bond donors (Lipinski definition) is 1. The molecule has 7 heteroatoms. The molecule has 0 saturated carbocycles. The minimum Gasteiger partial charge on any atom is -0.398 e. The highest BCUT2D eigenvalue weighted by molar-refractivity contribution is 7.89. The quantitative estimate of drug-likeness (QED) is 0.806. The van der Waals surface area contributed by atoms with Crippen molar-refractivity contribution in [3.63, 3.8) is 0 Å². The van der Waals surface area contributed by atoms with Gasteiger partial charge in [-0.15, -0.1) is 0 Å². The predicted octanol–water partition coefficient (Wildman–Crippen LogP) is 0.796. The van der Waals surface area contributed by atoms with Crippen molar-refractivity contribution in [2.45, 2.75) is 17.9 Å². The topological polar surface area (TPSA) is 96.4 Å². The van der Waals surface area contributed by atoms with Gasteiger partial charge in [0.1, 0.15) is 4.90 Å². The molecule has 0 aliphatic rings. The number of nitriles is 1. The number of benzene rings is 1. The molecule has 1 aromatic rings. The number of nitrogens with zero attached hydrogens (tertiary/aromatic N) is 2. The Bertz CT molecular complexity index is 593. The molecule has 0 amide bonds. The molecule has 0 aromatic heterocycles. The molecule has 0 fully saturated rings. The van der Waals surface area contributed by atoms with Crippen molar-refractivity contribution < 1.29 is 13.2 Å². The SMILES string of the molecule is COCC(C)N(C)S(=O)(=O)c1ccc(C#N)cc1N. The van der Waals surface area contributed by atoms with Crippen molar-refractivity contribution in [1.82, 2.24) is 4.31 Å². The summed E-state index contributed by atoms with van der Waals surface area (Å²) in [6, 6.07) is 5.72. The number of nitrogens with two attached hydrogens (primary N) is 1. The molecule has 0 heterocycles. The normalized spacial score (nSPS) is 13.2. The zero-order chi connectivity index (χ0) is 14.6. The maximum atomic E-state index is 12.4. The average Bonchev–Trinajstić information content (AvgIpc) is 2.37. The number of nitrogen functional groups attached to an aromatic ring is 1. The maximum absolute atomic E-state index is 12.4. The summed E-state index contributed by atoms with van der Waals surface area (Å²) in [7, 11) is -0.721. The first-order chi connectivity index (χ1) is 8.84. The molecule has 0 saturated heterocycles. The molecule has 104 valence electrons. The molecule has 0 aliphatic heterocycles. The fourth-order valence-electron chi connectivity index (χ4n) is 1.59. The highest BCUT2D eigenvalue weighted by Crippen LogP contribution is 2.23. The van der Waals surface area contributed by atoms with Crippen molar-refractivity contribution in [3.8, 4) is 6.07 Å². The van der Waals surface area contributed by atoms with Crippen LogP contribution in [-0.4, -0.2) is 39.5 Å². The number of anilines is 1. The number of sulfonamides is 1. The number of hydrogen-bond acceptors (Lipinski definition) is 5. The summed E-state index contributed by atoms with van der Waals surface area (Å²) in [5, 5.41) is 8.74. The van der Waals surface area contributed by atoms with E-state index in [2.05, 4.69) is 0 Å². The summed E-state index contributed by atoms with van der Waals surface area (Å²) in [5.74, 6) is 0. The summed E-state index contributed by atoms with van der Waals surface area (Å²) < 4.78 is 30.9. The molecule has 0 radical (unpaired) electrons. The van der Waals surface area contributed by atoms with Gasteiger partial charge in [0.25, 0.3) is 0 Å². The molecule has 6 nitrogen and oxygen atoms in total. The van der Waals surface area contributed by atoms with Gasteiger partial charge in [-0.1, -0.05) is 0 Å². The number of rotatable bonds is 5. The van der Waals surface area contributed by atoms with Crippen LogP contribution in [0.5, 0.6) is 0 Å². The third-order valence-corrected chi connectivity index (χ3v) is 4.87. The van der Waals surface area contributed by atoms with Crippen molar-refractivity contribution in [2.75, 3.05) is 26.5 Å². The van der Waals surface area contributed by atoms with Crippen LogP contribution in [0, 0.1) is 11.3 Å². The smallest absolute Gasteiger partial charge is 0.245 e. The van der Waals surface area contributed by atoms with E-state index in [-0.39, 0.29) is 23.2 Å². The number of ether oxygens (including phenoxy) is 1. The van der Waals surface area contributed by atoms with Gasteiger partial charge in [0, 0.05) is 20.2 Å². The van der Waals surface area contributed by atoms with E-state index in [0.717, 1.165) is 0 Å². The first-order valence-corrected chi connectivity index (χ1v) is 7.05. The van der Waals surface area contributed by atoms with Crippen molar-refractivity contribution in [3.05, 3.63) is 23.8 Å². The first kappa shape index (κ1) is 15.4. The molecule has 0 bridgehead atoms. The summed E-state index contributed by atoms with van der Waals surface area (Å²) in [6.07, 6.45) is 0. The van der Waals surface area contributed by atoms with Crippen LogP contribution < -0.4 is 5.73 Å². The Kier molecular flexibility index (Phi) is 4.89. The van der Waals surface area contributed by atoms with Crippen molar-refractivity contribution in [1.29, 1.82) is 5.26 Å². The summed E-state index contributed by atoms with van der Waals surface area (Å²) in [6.45, 7) is 2.02. The minimum absolute atomic E-state index is 0.00282. The Morgan fingerprint density at radius 3 is 2.63 bits per heavy atom. The maximum Gasteiger partial charge on any atom is 0.245 e. The molecule has 2 N–H and O–H groups in total. The van der Waals surface area contributed by atoms with Gasteiger partial charge in [0.2, 0.25) is 10.0 Å². The molecule has 0 spiro atoms. The van der Waals surface area contributed by atoms with E-state index in [1.54, 1.807) is 6.92 Å². The van der Waals surface area contributed by atoms with Gasteiger partial charge < -0.3 is 10.5 Å². The van der Waals surface area contributed by atoms with Crippen molar-refractivity contribution >= 4 is 15.7 Å². The van der Waals surface area contributed by atoms with Crippen molar-refractivity contribution in [2.24, 2.45) is 0 Å². The Hall–Kier alpha value is -1.62. The number of methoxy groups -OCH3 is 1. The largest absolute Gasteiger partial charge is 0.398 e. The van der Waals surface area contributed by atoms with Gasteiger partial charge in [-0.25, -0.2) is 8.42 Å². The van der Waals surface area contributed by atoms with Crippen LogP contribution in [-0.2, 0) is 14.8 Å². The van der Waals surface area contributed by atoms with Crippen LogP contribution in [0.2, 0.25) is 0 Å². The third-order valence-electron chi connectivity index (χ3n) is 2.82. The lowest BCUT2D eigenvalue weighted by Gasteiger charge is -2.24. The Balaban J connectivity index is 3.17. The molecule has 19 heavy (non-hydrogen) atoms. The van der Waals surface area contributed by atoms with E-state index in [4.69, 9.17) is 15.7 Å². The van der Waals surface area contributed by atoms with Gasteiger partial charge in [0.15, 0.2) is 0 Å². The summed E-state index contributed by atoms with van der Waals surface area (Å²) >= 11 is 0. The lowest BCUT2D eigenvalue weighted by atomic mass is 10.2. The highest BCUT2D eigenvalue weighted by atomic mass is 32.2. The van der Waals surface area contributed by atoms with E-state index in [1.165, 1.54) is 36.7 Å². The Morgan fingerprint density at radius 2 is 2.16 bits per heavy atom. The molecule has 1 unspecified atom stereocenters. The Labute approximate surface area is 113 Å². The summed E-state index contributed by atoms with van der Waals surface area (Å²) in [5.41, 5.74) is 6.10. The van der Waals surface area contributed by atoms with E-state index < -0.39 is 10.0 Å². The zero-order valence-corrected chi connectivity index (χ0v) is 11.9. The fourth-order valence-corrected chi connectivity index (χ4v) is 3.03. The molecule has 0 aliphatic carbocycles. The molecule has 1 atom stereocenters. The third kappa shape index (κ3) is 3.23. The van der Waals surface area contributed by atoms with Crippen LogP contribution >= 0.6 is 0 Å². The minimum atomic E-state index is -3.70. The second-order valence-corrected chi connectivity index (χ2v) is 6.16. The van der Waals surface area contributed by atoms with Gasteiger partial charge in [-0.2, -0.15) is 9.57 Å². The van der Waals surface area contributed by atoms with Crippen LogP contribution in [0.4, 0.5) is 5.69 Å². The van der Waals surface area contributed by atoms with E-state index >= 15 is 0 Å². The molecule has 1 rings (SSSR count). The summed E-state index contributed by atoms with van der Waals surface area (Å²) in [4.78, 5) is -0.00282. The number of likely N-dealkylation sites (N-methyl/N-ethyl adjacent to an activating group) is 1. The lowest BCUT2D eigenvalue weighted by molar-refractivity contribution is 0.149. The van der Waals surface area contributed by atoms with Gasteiger partial charge in [-0.05, 0) is 25.1 Å². The van der Waals surface area contributed by atoms with Crippen LogP contribution in [0.1, 0.15) is 12.5 Å². The van der Waals surface area contributed by atoms with Gasteiger partial charge in [0.05, 0.1) is 23.9 Å². The van der Waals surface area contributed by atoms with Crippen LogP contribution in [0.3, 0.4) is 0 Å². The van der Waals surface area contributed by atoms with Gasteiger partial charge in [-0.3, -0.25) is 0 Å². The molecular formula is C12H17N3O3S. The first-order valence-electron chi connectivity index (χ1n) is 5.61. The average molecular weight is 283 g/mol. The molecule has 1 aromatic carbocycles. The van der Waals surface area contributed by atoms with Crippen LogP contribution in [0.25, 0.3) is 0 Å². The second kappa shape index (κ2) is 6.02. The van der Waals surface area contributed by atoms with Gasteiger partial charge >= 0.3 is 0 Å². The zero-order valence-electron chi connectivity index (χ0n) is 11.1. The van der Waals surface area contributed by atoms with E-state index in [0.29, 0.717) is 5.56 Å². The van der Waals surface area contributed by atoms with Crippen LogP contribution in [0.15, 0.2) is 23.1 Å². The predicted molar refractivity (Wildman–Crippen MR) is 71.9 cm³/mol. The van der Waals surface area contributed by atoms with E-state index in [9.17, 15) is 8.42 Å². The molecular weight excluding hydrogens is 266 g/mol.